The third-order valence-corrected chi connectivity index (χ3v) is 6.36. The van der Waals surface area contributed by atoms with Crippen molar-refractivity contribution in [3.63, 3.8) is 0 Å². The smallest absolute Gasteiger partial charge is 0.348 e. The van der Waals surface area contributed by atoms with Crippen molar-refractivity contribution < 1.29 is 14.3 Å². The van der Waals surface area contributed by atoms with Gasteiger partial charge in [-0.2, -0.15) is 4.98 Å². The molecule has 0 saturated heterocycles. The molecule has 2 aromatic heterocycles. The van der Waals surface area contributed by atoms with Crippen LogP contribution < -0.4 is 15.2 Å². The number of carbonyl (C=O) groups excluding carboxylic acids is 2. The minimum Gasteiger partial charge on any atom is -0.462 e. The molecule has 1 aliphatic carbocycles. The molecule has 2 amide bonds. The molecule has 0 unspecified atom stereocenters. The molecule has 160 valence electrons. The molecule has 9 nitrogen and oxygen atoms in total. The summed E-state index contributed by atoms with van der Waals surface area (Å²) >= 11 is 1.29. The lowest BCUT2D eigenvalue weighted by atomic mass is 10.2. The number of rotatable bonds is 6. The maximum absolute atomic E-state index is 12.9. The van der Waals surface area contributed by atoms with E-state index in [2.05, 4.69) is 15.3 Å². The largest absolute Gasteiger partial charge is 0.462 e. The molecular weight excluding hydrogens is 404 g/mol. The monoisotopic (exact) mass is 430 g/mol. The van der Waals surface area contributed by atoms with E-state index in [9.17, 15) is 9.59 Å². The van der Waals surface area contributed by atoms with Crippen LogP contribution in [0.5, 0.6) is 0 Å². The Morgan fingerprint density at radius 2 is 2.07 bits per heavy atom. The second-order valence-corrected chi connectivity index (χ2v) is 8.34. The lowest BCUT2D eigenvalue weighted by molar-refractivity contribution is 0.0532. The normalized spacial score (nSPS) is 16.8. The number of nitrogens with one attached hydrogen (secondary N) is 1. The zero-order chi connectivity index (χ0) is 21.3. The van der Waals surface area contributed by atoms with Crippen LogP contribution in [0.15, 0.2) is 18.3 Å². The van der Waals surface area contributed by atoms with Gasteiger partial charge in [0.2, 0.25) is 5.95 Å². The van der Waals surface area contributed by atoms with Crippen molar-refractivity contribution in [1.82, 2.24) is 15.0 Å². The van der Waals surface area contributed by atoms with E-state index in [-0.39, 0.29) is 18.0 Å². The molecule has 0 bridgehead atoms. The summed E-state index contributed by atoms with van der Waals surface area (Å²) in [6.07, 6.45) is 6.05. The predicted octanol–water partition coefficient (Wildman–Crippen LogP) is 4.01. The molecule has 4 rings (SSSR count). The first-order valence-electron chi connectivity index (χ1n) is 10.3. The van der Waals surface area contributed by atoms with Crippen molar-refractivity contribution in [3.05, 3.63) is 23.2 Å². The highest BCUT2D eigenvalue weighted by molar-refractivity contribution is 7.17. The number of fused-ring (bicyclic) bond motifs is 1. The van der Waals surface area contributed by atoms with Crippen molar-refractivity contribution in [2.24, 2.45) is 0 Å². The van der Waals surface area contributed by atoms with Crippen LogP contribution in [0.1, 0.15) is 49.2 Å². The molecule has 0 radical (unpaired) electrons. The first kappa shape index (κ1) is 20.4. The second-order valence-electron chi connectivity index (χ2n) is 7.25. The highest BCUT2D eigenvalue weighted by Crippen LogP contribution is 2.39. The molecule has 0 atom stereocenters. The Morgan fingerprint density at radius 1 is 1.30 bits per heavy atom. The van der Waals surface area contributed by atoms with Gasteiger partial charge in [0, 0.05) is 13.6 Å². The molecule has 30 heavy (non-hydrogen) atoms. The van der Waals surface area contributed by atoms with Gasteiger partial charge < -0.3 is 10.1 Å². The number of aromatic nitrogens is 2. The van der Waals surface area contributed by atoms with Gasteiger partial charge in [-0.15, -0.1) is 11.3 Å². The predicted molar refractivity (Wildman–Crippen MR) is 117 cm³/mol. The summed E-state index contributed by atoms with van der Waals surface area (Å²) in [5, 5.41) is 7.74. The topological polar surface area (TPSA) is 90.9 Å². The van der Waals surface area contributed by atoms with Crippen LogP contribution in [0.4, 0.5) is 27.2 Å². The van der Waals surface area contributed by atoms with Crippen molar-refractivity contribution in [2.45, 2.75) is 45.6 Å². The number of hydrogen-bond acceptors (Lipinski definition) is 8. The Kier molecular flexibility index (Phi) is 5.76. The summed E-state index contributed by atoms with van der Waals surface area (Å²) in [5.74, 6) is 0.811. The van der Waals surface area contributed by atoms with E-state index in [0.29, 0.717) is 29.7 Å². The van der Waals surface area contributed by atoms with Crippen LogP contribution in [0.3, 0.4) is 0 Å². The standard InChI is InChI=1S/C20H26N6O3S/c1-4-25-20(28)24(3)14-12-21-19(23-17(14)26(25)13-8-6-7-9-13)22-16-11-10-15(30-16)18(27)29-5-2/h10-13H,4-9H2,1-3H3,(H,21,22,23). The SMILES string of the molecule is CCOC(=O)c1ccc(Nc2ncc3c(n2)N(C2CCCC2)N(CC)C(=O)N3C)s1. The Bertz CT molecular complexity index is 942. The molecule has 0 spiro atoms. The molecule has 0 aromatic carbocycles. The first-order valence-corrected chi connectivity index (χ1v) is 11.1. The molecule has 1 N–H and O–H groups in total. The van der Waals surface area contributed by atoms with Gasteiger partial charge in [-0.3, -0.25) is 9.91 Å². The lowest BCUT2D eigenvalue weighted by Crippen LogP contribution is -2.59. The van der Waals surface area contributed by atoms with Crippen molar-refractivity contribution in [2.75, 3.05) is 35.4 Å². The minimum atomic E-state index is -0.340. The molecular formula is C20H26N6O3S. The zero-order valence-corrected chi connectivity index (χ0v) is 18.2. The van der Waals surface area contributed by atoms with E-state index < -0.39 is 0 Å². The Labute approximate surface area is 179 Å². The van der Waals surface area contributed by atoms with E-state index in [1.807, 2.05) is 13.0 Å². The van der Waals surface area contributed by atoms with E-state index >= 15 is 0 Å². The van der Waals surface area contributed by atoms with Crippen LogP contribution in [-0.4, -0.2) is 53.2 Å². The minimum absolute atomic E-state index is 0.0708. The molecule has 2 aliphatic rings. The van der Waals surface area contributed by atoms with Crippen LogP contribution >= 0.6 is 11.3 Å². The Hall–Kier alpha value is -2.88. The molecule has 10 heteroatoms. The van der Waals surface area contributed by atoms with Gasteiger partial charge in [0.05, 0.1) is 23.8 Å². The number of thiophene rings is 1. The lowest BCUT2D eigenvalue weighted by Gasteiger charge is -2.45. The number of ether oxygens (including phenoxy) is 1. The molecule has 3 heterocycles. The molecule has 1 saturated carbocycles. The third kappa shape index (κ3) is 3.67. The van der Waals surface area contributed by atoms with Crippen LogP contribution in [0, 0.1) is 0 Å². The van der Waals surface area contributed by atoms with Crippen molar-refractivity contribution in [3.8, 4) is 0 Å². The number of hydrazine groups is 1. The zero-order valence-electron chi connectivity index (χ0n) is 17.4. The summed E-state index contributed by atoms with van der Waals surface area (Å²) in [6.45, 7) is 4.66. The second kappa shape index (κ2) is 8.47. The maximum atomic E-state index is 12.9. The highest BCUT2D eigenvalue weighted by atomic mass is 32.1. The summed E-state index contributed by atoms with van der Waals surface area (Å²) in [5.41, 5.74) is 0.695. The fraction of sp³-hybridized carbons (Fsp3) is 0.500. The van der Waals surface area contributed by atoms with Crippen molar-refractivity contribution in [1.29, 1.82) is 0 Å². The van der Waals surface area contributed by atoms with Gasteiger partial charge in [0.25, 0.3) is 0 Å². The van der Waals surface area contributed by atoms with E-state index in [1.54, 1.807) is 36.1 Å². The molecule has 1 fully saturated rings. The number of carbonyl (C=O) groups is 2. The van der Waals surface area contributed by atoms with E-state index in [0.717, 1.165) is 36.5 Å². The maximum Gasteiger partial charge on any atom is 0.348 e. The summed E-state index contributed by atoms with van der Waals surface area (Å²) in [6, 6.07) is 3.71. The number of urea groups is 1. The van der Waals surface area contributed by atoms with Crippen LogP contribution in [0.2, 0.25) is 0 Å². The van der Waals surface area contributed by atoms with Gasteiger partial charge >= 0.3 is 12.0 Å². The Balaban J connectivity index is 1.64. The molecule has 2 aromatic rings. The first-order chi connectivity index (χ1) is 14.5. The summed E-state index contributed by atoms with van der Waals surface area (Å²) in [4.78, 5) is 36.1. The highest BCUT2D eigenvalue weighted by Gasteiger charge is 2.39. The average Bonchev–Trinajstić information content (AvgIpc) is 3.43. The number of anilines is 4. The average molecular weight is 431 g/mol. The molecule has 1 aliphatic heterocycles. The number of nitrogens with zero attached hydrogens (tertiary/aromatic N) is 5. The third-order valence-electron chi connectivity index (χ3n) is 5.38. The fourth-order valence-corrected chi connectivity index (χ4v) is 4.74. The number of esters is 1. The van der Waals surface area contributed by atoms with Gasteiger partial charge in [-0.05, 0) is 38.8 Å². The number of hydrogen-bond donors (Lipinski definition) is 1. The van der Waals surface area contributed by atoms with E-state index in [1.165, 1.54) is 11.3 Å². The van der Waals surface area contributed by atoms with Crippen LogP contribution in [0.25, 0.3) is 0 Å². The fourth-order valence-electron chi connectivity index (χ4n) is 3.95. The van der Waals surface area contributed by atoms with Gasteiger partial charge in [0.15, 0.2) is 5.82 Å². The number of amides is 2. The quantitative estimate of drug-likeness (QED) is 0.692. The summed E-state index contributed by atoms with van der Waals surface area (Å²) in [7, 11) is 1.75. The summed E-state index contributed by atoms with van der Waals surface area (Å²) < 4.78 is 5.05. The van der Waals surface area contributed by atoms with Crippen LogP contribution in [-0.2, 0) is 4.74 Å². The van der Waals surface area contributed by atoms with Crippen molar-refractivity contribution >= 4 is 45.8 Å². The Morgan fingerprint density at radius 3 is 2.77 bits per heavy atom. The van der Waals surface area contributed by atoms with Gasteiger partial charge in [0.1, 0.15) is 10.6 Å². The van der Waals surface area contributed by atoms with Gasteiger partial charge in [-0.25, -0.2) is 19.6 Å². The van der Waals surface area contributed by atoms with E-state index in [4.69, 9.17) is 9.72 Å². The van der Waals surface area contributed by atoms with Gasteiger partial charge in [-0.1, -0.05) is 12.8 Å².